The SMILES string of the molecule is COC(=O)c1ccc(-c2nc(C(=O)c3ccccc3C)n3ccccc23)cc1.Cc1ccccc1C(=O)c1nc(-c2ccc(C(=O)O)cc2)c2ccccn12.Cc1ccccc1C(=O)c1nc(Br)c2ncccn12.Cc1ccccc1C(=O)c1ncc2ncccn12.c1ccn2cncc2c1. The third-order valence-corrected chi connectivity index (χ3v) is 17.0. The van der Waals surface area contributed by atoms with Gasteiger partial charge in [-0.2, -0.15) is 0 Å². The summed E-state index contributed by atoms with van der Waals surface area (Å²) in [4.78, 5) is 104. The lowest BCUT2D eigenvalue weighted by molar-refractivity contribution is 0.0599. The summed E-state index contributed by atoms with van der Waals surface area (Å²) in [5, 5.41) is 9.08. The van der Waals surface area contributed by atoms with Crippen LogP contribution in [0.2, 0.25) is 0 Å². The number of rotatable bonds is 12. The van der Waals surface area contributed by atoms with Crippen molar-refractivity contribution in [1.29, 1.82) is 0 Å². The molecule has 10 aromatic heterocycles. The number of imidazole rings is 5. The Balaban J connectivity index is 0.000000124. The van der Waals surface area contributed by atoms with Gasteiger partial charge in [0.1, 0.15) is 0 Å². The first-order chi connectivity index (χ1) is 49.1. The number of ketones is 4. The minimum Gasteiger partial charge on any atom is -0.478 e. The lowest BCUT2D eigenvalue weighted by atomic mass is 10.0. The zero-order valence-corrected chi connectivity index (χ0v) is 56.6. The molecule has 496 valence electrons. The van der Waals surface area contributed by atoms with E-state index in [0.717, 1.165) is 49.9 Å². The van der Waals surface area contributed by atoms with E-state index in [1.165, 1.54) is 19.2 Å². The number of aryl methyl sites for hydroxylation is 4. The van der Waals surface area contributed by atoms with Crippen molar-refractivity contribution in [2.75, 3.05) is 7.11 Å². The van der Waals surface area contributed by atoms with Gasteiger partial charge in [0.15, 0.2) is 39.2 Å². The van der Waals surface area contributed by atoms with E-state index in [0.29, 0.717) is 78.4 Å². The molecule has 0 saturated heterocycles. The molecule has 0 aliphatic heterocycles. The molecule has 0 radical (unpaired) electrons. The Bertz CT molecular complexity index is 5740. The number of fused-ring (bicyclic) bond motifs is 5. The number of nitrogens with zero attached hydrogens (tertiary/aromatic N) is 12. The summed E-state index contributed by atoms with van der Waals surface area (Å²) in [7, 11) is 1.35. The molecule has 0 spiro atoms. The number of pyridine rings is 3. The average molecular weight is 1400 g/mol. The molecule has 0 bridgehead atoms. The van der Waals surface area contributed by atoms with E-state index in [9.17, 15) is 28.8 Å². The number of carboxylic acid groups (broad SMARTS) is 1. The van der Waals surface area contributed by atoms with Crippen molar-refractivity contribution in [3.63, 3.8) is 0 Å². The van der Waals surface area contributed by atoms with E-state index in [4.69, 9.17) is 9.84 Å². The molecule has 0 fully saturated rings. The van der Waals surface area contributed by atoms with Gasteiger partial charge in [0.2, 0.25) is 23.1 Å². The number of halogens is 1. The summed E-state index contributed by atoms with van der Waals surface area (Å²) >= 11 is 3.33. The second kappa shape index (κ2) is 30.4. The Morgan fingerprint density at radius 1 is 0.406 bits per heavy atom. The summed E-state index contributed by atoms with van der Waals surface area (Å²) in [6.07, 6.45) is 17.8. The monoisotopic (exact) mass is 1400 g/mol. The van der Waals surface area contributed by atoms with E-state index in [-0.39, 0.29) is 28.7 Å². The highest BCUT2D eigenvalue weighted by Gasteiger charge is 2.24. The zero-order chi connectivity index (χ0) is 70.7. The van der Waals surface area contributed by atoms with Crippen LogP contribution in [0.5, 0.6) is 0 Å². The van der Waals surface area contributed by atoms with Gasteiger partial charge in [0.05, 0.1) is 64.9 Å². The molecule has 0 unspecified atom stereocenters. The Morgan fingerprint density at radius 3 is 1.30 bits per heavy atom. The maximum absolute atomic E-state index is 13.2. The smallest absolute Gasteiger partial charge is 0.337 e. The molecule has 0 amide bonds. The van der Waals surface area contributed by atoms with E-state index < -0.39 is 11.9 Å². The number of aromatic nitrogens is 12. The van der Waals surface area contributed by atoms with Gasteiger partial charge in [-0.3, -0.25) is 36.8 Å². The van der Waals surface area contributed by atoms with Crippen molar-refractivity contribution in [2.24, 2.45) is 0 Å². The minimum atomic E-state index is -0.980. The molecule has 21 heteroatoms. The number of aromatic carboxylic acids is 1. The fourth-order valence-corrected chi connectivity index (χ4v) is 11.7. The Labute approximate surface area is 586 Å². The minimum absolute atomic E-state index is 0.0823. The number of hydrogen-bond donors (Lipinski definition) is 1. The third kappa shape index (κ3) is 14.6. The molecular formula is C80H61BrN12O8. The van der Waals surface area contributed by atoms with Crippen LogP contribution >= 0.6 is 15.9 Å². The van der Waals surface area contributed by atoms with Gasteiger partial charge in [-0.15, -0.1) is 0 Å². The van der Waals surface area contributed by atoms with Crippen LogP contribution in [0.1, 0.15) is 108 Å². The Kier molecular flexibility index (Phi) is 20.4. The molecule has 16 aromatic rings. The maximum Gasteiger partial charge on any atom is 0.337 e. The van der Waals surface area contributed by atoms with Crippen molar-refractivity contribution in [3.8, 4) is 22.5 Å². The average Bonchev–Trinajstić information content (AvgIpc) is 1.64. The van der Waals surface area contributed by atoms with Crippen molar-refractivity contribution in [2.45, 2.75) is 27.7 Å². The largest absolute Gasteiger partial charge is 0.478 e. The normalized spacial score (nSPS) is 10.8. The van der Waals surface area contributed by atoms with Crippen LogP contribution in [-0.2, 0) is 4.74 Å². The number of esters is 1. The standard InChI is InChI=1S/C23H18N2O3.C22H16N2O3.C14H10BrN3O.C14H11N3O.C7H6N2/c1-15-7-3-4-8-18(15)21(26)22-24-20(19-9-5-6-14-25(19)22)16-10-12-17(13-11-16)23(27)28-2;1-14-6-2-3-7-17(14)20(25)21-23-19(18-8-4-5-13-24(18)21)15-9-11-16(12-10-15)22(26)27;1-9-5-2-3-6-10(9)11(19)13-17-12(15)14-16-7-4-8-18(13)14;1-10-5-2-3-6-11(10)13(18)14-16-9-12-15-7-4-8-17(12)14;1-2-4-9-6-8-5-7(9)3-1/h3-14H,1-2H3;2-13H,1H3,(H,26,27);2-8H,1H3;2-9H,1H3;1-6H. The molecule has 101 heavy (non-hydrogen) atoms. The van der Waals surface area contributed by atoms with Crippen LogP contribution in [0.3, 0.4) is 0 Å². The second-order valence-corrected chi connectivity index (χ2v) is 23.7. The summed E-state index contributed by atoms with van der Waals surface area (Å²) < 4.78 is 14.3. The fraction of sp³-hybridized carbons (Fsp3) is 0.0625. The van der Waals surface area contributed by atoms with Crippen molar-refractivity contribution in [3.05, 3.63) is 358 Å². The van der Waals surface area contributed by atoms with Crippen LogP contribution in [0.15, 0.2) is 279 Å². The molecule has 1 N–H and O–H groups in total. The predicted molar refractivity (Wildman–Crippen MR) is 387 cm³/mol. The fourth-order valence-electron chi connectivity index (χ4n) is 11.2. The third-order valence-electron chi connectivity index (χ3n) is 16.4. The lowest BCUT2D eigenvalue weighted by Gasteiger charge is -2.03. The number of carbonyl (C=O) groups excluding carboxylic acids is 5. The van der Waals surface area contributed by atoms with Gasteiger partial charge in [-0.25, -0.2) is 44.5 Å². The first-order valence-corrected chi connectivity index (χ1v) is 32.4. The molecule has 20 nitrogen and oxygen atoms in total. The summed E-state index contributed by atoms with van der Waals surface area (Å²) in [5.41, 5.74) is 13.9. The highest BCUT2D eigenvalue weighted by molar-refractivity contribution is 9.10. The number of benzene rings is 6. The number of methoxy groups -OCH3 is 1. The molecular weight excluding hydrogens is 1340 g/mol. The van der Waals surface area contributed by atoms with E-state index in [2.05, 4.69) is 50.8 Å². The van der Waals surface area contributed by atoms with E-state index in [1.807, 2.05) is 215 Å². The van der Waals surface area contributed by atoms with Crippen molar-refractivity contribution in [1.82, 2.24) is 56.9 Å². The molecule has 0 aliphatic rings. The predicted octanol–water partition coefficient (Wildman–Crippen LogP) is 15.2. The van der Waals surface area contributed by atoms with Crippen molar-refractivity contribution < 1.29 is 38.6 Å². The molecule has 0 saturated carbocycles. The highest BCUT2D eigenvalue weighted by atomic mass is 79.9. The summed E-state index contributed by atoms with van der Waals surface area (Å²) in [5.74, 6) is -0.387. The quantitative estimate of drug-likeness (QED) is 0.0883. The molecule has 16 rings (SSSR count). The van der Waals surface area contributed by atoms with Crippen LogP contribution in [0.25, 0.3) is 50.4 Å². The van der Waals surface area contributed by atoms with Gasteiger partial charge in [-0.05, 0) is 139 Å². The van der Waals surface area contributed by atoms with Gasteiger partial charge in [0.25, 0.3) is 0 Å². The van der Waals surface area contributed by atoms with Crippen LogP contribution in [0.4, 0.5) is 0 Å². The number of hydrogen-bond acceptors (Lipinski definition) is 14. The van der Waals surface area contributed by atoms with E-state index in [1.54, 1.807) is 97.4 Å². The lowest BCUT2D eigenvalue weighted by Crippen LogP contribution is -2.08. The maximum atomic E-state index is 13.2. The summed E-state index contributed by atoms with van der Waals surface area (Å²) in [6, 6.07) is 64.3. The van der Waals surface area contributed by atoms with Crippen molar-refractivity contribution >= 4 is 78.8 Å². The Morgan fingerprint density at radius 2 is 0.822 bits per heavy atom. The number of carbonyl (C=O) groups is 6. The van der Waals surface area contributed by atoms with Gasteiger partial charge in [-0.1, -0.05) is 140 Å². The second-order valence-electron chi connectivity index (χ2n) is 22.9. The van der Waals surface area contributed by atoms with Gasteiger partial charge < -0.3 is 14.2 Å². The first-order valence-electron chi connectivity index (χ1n) is 31.6. The topological polar surface area (TPSA) is 244 Å². The Hall–Kier alpha value is -13.3. The molecule has 10 heterocycles. The molecule has 0 atom stereocenters. The highest BCUT2D eigenvalue weighted by Crippen LogP contribution is 2.30. The van der Waals surface area contributed by atoms with Gasteiger partial charge >= 0.3 is 11.9 Å². The zero-order valence-electron chi connectivity index (χ0n) is 55.0. The van der Waals surface area contributed by atoms with Crippen LogP contribution in [0, 0.1) is 27.7 Å². The van der Waals surface area contributed by atoms with E-state index >= 15 is 0 Å². The number of ether oxygens (including phenoxy) is 1. The van der Waals surface area contributed by atoms with Crippen LogP contribution in [-0.4, -0.2) is 104 Å². The summed E-state index contributed by atoms with van der Waals surface area (Å²) in [6.45, 7) is 7.64. The molecule has 6 aromatic carbocycles. The number of carboxylic acids is 1. The van der Waals surface area contributed by atoms with Crippen LogP contribution < -0.4 is 0 Å². The van der Waals surface area contributed by atoms with Gasteiger partial charge in [0, 0.05) is 76.8 Å². The first kappa shape index (κ1) is 67.7. The molecule has 0 aliphatic carbocycles.